The molecule has 2 aromatic heterocycles. The SMILES string of the molecule is COP(=O)(CP(=O)(OC(C)(C)C)OC(C)(C)C)OC[C@H]1O[C@@H](n2nnc3c(N(C)[C@H]4CCc5ccccc54)nc(Cl)nc32)[C@@H]2OC(C)(C)O[C@@H]21. The van der Waals surface area contributed by atoms with E-state index in [0.29, 0.717) is 17.0 Å². The fourth-order valence-corrected chi connectivity index (χ4v) is 12.0. The molecule has 15 nitrogen and oxygen atoms in total. The Bertz CT molecular complexity index is 1810. The first kappa shape index (κ1) is 37.7. The van der Waals surface area contributed by atoms with Crippen molar-refractivity contribution in [1.29, 1.82) is 0 Å². The molecule has 1 aliphatic carbocycles. The van der Waals surface area contributed by atoms with Gasteiger partial charge in [0.25, 0.3) is 0 Å². The van der Waals surface area contributed by atoms with E-state index in [0.717, 1.165) is 12.8 Å². The maximum Gasteiger partial charge on any atom is 0.343 e. The zero-order chi connectivity index (χ0) is 36.4. The molecule has 4 heterocycles. The van der Waals surface area contributed by atoms with Crippen LogP contribution in [0.25, 0.3) is 11.2 Å². The summed E-state index contributed by atoms with van der Waals surface area (Å²) in [6, 6.07) is 8.42. The summed E-state index contributed by atoms with van der Waals surface area (Å²) in [5.41, 5.74) is 1.59. The molecule has 0 bridgehead atoms. The van der Waals surface area contributed by atoms with E-state index in [1.54, 1.807) is 55.4 Å². The smallest absolute Gasteiger partial charge is 0.343 e. The van der Waals surface area contributed by atoms with Crippen molar-refractivity contribution in [2.45, 2.75) is 116 Å². The molecule has 0 radical (unpaired) electrons. The molecule has 1 unspecified atom stereocenters. The van der Waals surface area contributed by atoms with Gasteiger partial charge in [-0.25, -0.2) is 0 Å². The summed E-state index contributed by atoms with van der Waals surface area (Å²) in [6.07, 6.45) is -1.17. The van der Waals surface area contributed by atoms with Crippen LogP contribution in [0.3, 0.4) is 0 Å². The standard InChI is InChI=1S/C32H47ClN6O9P2/c1-30(2,3)47-50(41,48-31(4,5)6)18-49(40,42-10)43-17-22-24-25(46-32(7,8)45-24)28(44-22)39-27-23(36-37-39)26(34-29(33)35-27)38(9)21-16-15-19-13-11-12-14-20(19)21/h11-14,21-22,24-25,28H,15-18H2,1-10H3/t21-,22+,24+,25+,28+,49?/m0/s1. The summed E-state index contributed by atoms with van der Waals surface area (Å²) >= 11 is 6.52. The van der Waals surface area contributed by atoms with Crippen LogP contribution in [0.1, 0.15) is 85.2 Å². The summed E-state index contributed by atoms with van der Waals surface area (Å²) in [7, 11) is -4.87. The molecule has 276 valence electrons. The minimum atomic E-state index is -4.06. The highest BCUT2D eigenvalue weighted by atomic mass is 35.5. The van der Waals surface area contributed by atoms with E-state index < -0.39 is 62.6 Å². The van der Waals surface area contributed by atoms with E-state index in [4.69, 9.17) is 43.9 Å². The van der Waals surface area contributed by atoms with E-state index in [1.807, 2.05) is 19.2 Å². The number of hydrogen-bond acceptors (Lipinski definition) is 14. The van der Waals surface area contributed by atoms with Gasteiger partial charge in [-0.1, -0.05) is 29.5 Å². The number of ether oxygens (including phenoxy) is 3. The number of halogens is 1. The van der Waals surface area contributed by atoms with Gasteiger partial charge < -0.3 is 37.2 Å². The normalized spacial score (nSPS) is 26.3. The Morgan fingerprint density at radius 1 is 1.02 bits per heavy atom. The number of hydrogen-bond donors (Lipinski definition) is 0. The minimum Gasteiger partial charge on any atom is -0.351 e. The molecule has 2 aliphatic heterocycles. The number of anilines is 1. The van der Waals surface area contributed by atoms with Gasteiger partial charge in [0.1, 0.15) is 18.3 Å². The number of aromatic nitrogens is 5. The highest BCUT2D eigenvalue weighted by Crippen LogP contribution is 2.66. The third-order valence-electron chi connectivity index (χ3n) is 8.43. The highest BCUT2D eigenvalue weighted by Gasteiger charge is 2.57. The number of aryl methyl sites for hydroxylation is 1. The molecule has 18 heteroatoms. The van der Waals surface area contributed by atoms with Crippen molar-refractivity contribution in [3.8, 4) is 0 Å². The van der Waals surface area contributed by atoms with Crippen LogP contribution in [0, 0.1) is 0 Å². The zero-order valence-electron chi connectivity index (χ0n) is 30.2. The minimum absolute atomic E-state index is 0.0212. The first-order valence-electron chi connectivity index (χ1n) is 16.6. The van der Waals surface area contributed by atoms with E-state index in [-0.39, 0.29) is 17.9 Å². The lowest BCUT2D eigenvalue weighted by Gasteiger charge is -2.33. The summed E-state index contributed by atoms with van der Waals surface area (Å²) in [6.45, 7) is 13.7. The Labute approximate surface area is 297 Å². The lowest BCUT2D eigenvalue weighted by atomic mass is 10.1. The number of fused-ring (bicyclic) bond motifs is 3. The monoisotopic (exact) mass is 756 g/mol. The molecule has 3 aromatic rings. The summed E-state index contributed by atoms with van der Waals surface area (Å²) in [5, 5.41) is 8.95. The average molecular weight is 757 g/mol. The van der Waals surface area contributed by atoms with Crippen molar-refractivity contribution >= 4 is 43.8 Å². The molecule has 6 rings (SSSR count). The van der Waals surface area contributed by atoms with Gasteiger partial charge in [-0.2, -0.15) is 14.6 Å². The molecule has 2 saturated heterocycles. The van der Waals surface area contributed by atoms with E-state index >= 15 is 0 Å². The lowest BCUT2D eigenvalue weighted by molar-refractivity contribution is -0.200. The van der Waals surface area contributed by atoms with E-state index in [9.17, 15) is 9.13 Å². The van der Waals surface area contributed by atoms with Crippen LogP contribution in [0.5, 0.6) is 0 Å². The van der Waals surface area contributed by atoms with E-state index in [1.165, 1.54) is 22.9 Å². The van der Waals surface area contributed by atoms with Crippen molar-refractivity contribution in [2.24, 2.45) is 0 Å². The number of nitrogens with zero attached hydrogens (tertiary/aromatic N) is 6. The predicted octanol–water partition coefficient (Wildman–Crippen LogP) is 7.05. The van der Waals surface area contributed by atoms with Gasteiger partial charge in [0.2, 0.25) is 5.28 Å². The molecule has 6 atom stereocenters. The van der Waals surface area contributed by atoms with Gasteiger partial charge in [-0.15, -0.1) is 5.10 Å². The summed E-state index contributed by atoms with van der Waals surface area (Å²) in [5.74, 6) is -1.06. The fraction of sp³-hybridized carbons (Fsp3) is 0.688. The second kappa shape index (κ2) is 13.4. The topological polar surface area (TPSA) is 158 Å². The van der Waals surface area contributed by atoms with Crippen molar-refractivity contribution in [3.63, 3.8) is 0 Å². The zero-order valence-corrected chi connectivity index (χ0v) is 32.7. The van der Waals surface area contributed by atoms with Crippen molar-refractivity contribution in [1.82, 2.24) is 25.0 Å². The lowest BCUT2D eigenvalue weighted by Crippen LogP contribution is -2.33. The summed E-state index contributed by atoms with van der Waals surface area (Å²) in [4.78, 5) is 11.1. The average Bonchev–Trinajstić information content (AvgIpc) is 3.74. The van der Waals surface area contributed by atoms with E-state index in [2.05, 4.69) is 37.3 Å². The van der Waals surface area contributed by atoms with Crippen LogP contribution in [-0.2, 0) is 47.9 Å². The molecular formula is C32H47ClN6O9P2. The Hall–Kier alpha value is -2.03. The van der Waals surface area contributed by atoms with Crippen LogP contribution >= 0.6 is 26.8 Å². The second-order valence-electron chi connectivity index (χ2n) is 15.3. The van der Waals surface area contributed by atoms with Gasteiger partial charge in [-0.05, 0) is 91.0 Å². The van der Waals surface area contributed by atoms with Crippen LogP contribution in [0.2, 0.25) is 5.28 Å². The van der Waals surface area contributed by atoms with Crippen LogP contribution < -0.4 is 4.90 Å². The Morgan fingerprint density at radius 2 is 1.68 bits per heavy atom. The largest absolute Gasteiger partial charge is 0.351 e. The Balaban J connectivity index is 1.26. The van der Waals surface area contributed by atoms with Gasteiger partial charge in [0, 0.05) is 14.2 Å². The molecule has 0 N–H and O–H groups in total. The van der Waals surface area contributed by atoms with Crippen LogP contribution in [0.4, 0.5) is 5.82 Å². The fourth-order valence-electron chi connectivity index (χ4n) is 6.74. The second-order valence-corrected chi connectivity index (χ2v) is 20.2. The maximum atomic E-state index is 14.0. The predicted molar refractivity (Wildman–Crippen MR) is 186 cm³/mol. The number of rotatable bonds is 11. The van der Waals surface area contributed by atoms with Crippen LogP contribution in [-0.4, -0.2) is 86.9 Å². The van der Waals surface area contributed by atoms with Gasteiger partial charge >= 0.3 is 15.2 Å². The maximum absolute atomic E-state index is 14.0. The molecule has 0 saturated carbocycles. The highest BCUT2D eigenvalue weighted by molar-refractivity contribution is 7.71. The Morgan fingerprint density at radius 3 is 2.34 bits per heavy atom. The molecule has 0 amide bonds. The Kier molecular flexibility index (Phi) is 10.1. The molecule has 2 fully saturated rings. The third kappa shape index (κ3) is 7.97. The quantitative estimate of drug-likeness (QED) is 0.145. The first-order chi connectivity index (χ1) is 23.2. The van der Waals surface area contributed by atoms with Gasteiger partial charge in [0.05, 0.1) is 23.9 Å². The summed E-state index contributed by atoms with van der Waals surface area (Å²) < 4.78 is 71.4. The molecule has 50 heavy (non-hydrogen) atoms. The van der Waals surface area contributed by atoms with Gasteiger partial charge in [0.15, 0.2) is 34.9 Å². The van der Waals surface area contributed by atoms with Gasteiger partial charge in [-0.3, -0.25) is 9.13 Å². The van der Waals surface area contributed by atoms with Crippen molar-refractivity contribution in [2.75, 3.05) is 31.6 Å². The molecule has 1 aromatic carbocycles. The molecule has 0 spiro atoms. The van der Waals surface area contributed by atoms with Crippen molar-refractivity contribution < 1.29 is 41.4 Å². The third-order valence-corrected chi connectivity index (χ3v) is 14.1. The molecular weight excluding hydrogens is 710 g/mol. The number of benzene rings is 1. The van der Waals surface area contributed by atoms with Crippen molar-refractivity contribution in [3.05, 3.63) is 40.7 Å². The first-order valence-corrected chi connectivity index (χ1v) is 20.4. The van der Waals surface area contributed by atoms with Crippen LogP contribution in [0.15, 0.2) is 24.3 Å². The molecule has 3 aliphatic rings.